The van der Waals surface area contributed by atoms with Crippen LogP contribution in [0.3, 0.4) is 0 Å². The molecule has 0 aliphatic heterocycles. The first kappa shape index (κ1) is 10.3. The molecule has 0 aromatic heterocycles. The fraction of sp³-hybridized carbons (Fsp3) is 0.875. The van der Waals surface area contributed by atoms with Crippen molar-refractivity contribution in [3.63, 3.8) is 0 Å². The Morgan fingerprint density at radius 3 is 2.92 bits per heavy atom. The number of methoxy groups -OCH3 is 1. The average molecular weight is 186 g/mol. The van der Waals surface area contributed by atoms with E-state index >= 15 is 0 Å². The zero-order valence-corrected chi connectivity index (χ0v) is 8.05. The van der Waals surface area contributed by atoms with E-state index in [2.05, 4.69) is 15.7 Å². The van der Waals surface area contributed by atoms with Crippen molar-refractivity contribution < 1.29 is 4.74 Å². The molecule has 1 aliphatic carbocycles. The molecule has 0 radical (unpaired) electrons. The van der Waals surface area contributed by atoms with Crippen molar-refractivity contribution in [1.82, 2.24) is 10.7 Å². The predicted octanol–water partition coefficient (Wildman–Crippen LogP) is -0.548. The van der Waals surface area contributed by atoms with Crippen molar-refractivity contribution in [3.8, 4) is 0 Å². The maximum absolute atomic E-state index is 5.28. The van der Waals surface area contributed by atoms with Gasteiger partial charge in [-0.05, 0) is 18.8 Å². The van der Waals surface area contributed by atoms with E-state index in [-0.39, 0.29) is 0 Å². The van der Waals surface area contributed by atoms with E-state index in [1.807, 2.05) is 0 Å². The first-order valence-electron chi connectivity index (χ1n) is 4.60. The summed E-state index contributed by atoms with van der Waals surface area (Å²) >= 11 is 0. The third kappa shape index (κ3) is 4.69. The van der Waals surface area contributed by atoms with Crippen LogP contribution in [0.5, 0.6) is 0 Å². The van der Waals surface area contributed by atoms with E-state index in [9.17, 15) is 0 Å². The number of aliphatic imine (C=N–C) groups is 1. The maximum Gasteiger partial charge on any atom is 0.205 e. The van der Waals surface area contributed by atoms with Gasteiger partial charge in [-0.1, -0.05) is 0 Å². The van der Waals surface area contributed by atoms with Crippen molar-refractivity contribution in [1.29, 1.82) is 0 Å². The second-order valence-electron chi connectivity index (χ2n) is 3.20. The molecule has 4 N–H and O–H groups in total. The van der Waals surface area contributed by atoms with E-state index in [4.69, 9.17) is 10.6 Å². The topological polar surface area (TPSA) is 71.7 Å². The normalized spacial score (nSPS) is 17.2. The third-order valence-corrected chi connectivity index (χ3v) is 1.94. The lowest BCUT2D eigenvalue weighted by Crippen LogP contribution is -2.43. The van der Waals surface area contributed by atoms with Gasteiger partial charge in [-0.15, -0.1) is 0 Å². The molecule has 0 saturated heterocycles. The van der Waals surface area contributed by atoms with E-state index in [1.165, 1.54) is 12.8 Å². The number of hydrazine groups is 1. The molecule has 0 atom stereocenters. The van der Waals surface area contributed by atoms with Crippen LogP contribution in [0.15, 0.2) is 4.99 Å². The summed E-state index contributed by atoms with van der Waals surface area (Å²) in [6.07, 6.45) is 2.61. The highest BCUT2D eigenvalue weighted by Crippen LogP contribution is 2.28. The molecule has 0 unspecified atom stereocenters. The van der Waals surface area contributed by atoms with Crippen LogP contribution in [0.1, 0.15) is 12.8 Å². The molecule has 1 aliphatic rings. The van der Waals surface area contributed by atoms with Crippen LogP contribution < -0.4 is 16.6 Å². The lowest BCUT2D eigenvalue weighted by molar-refractivity contribution is 0.203. The highest BCUT2D eigenvalue weighted by molar-refractivity contribution is 5.79. The van der Waals surface area contributed by atoms with Gasteiger partial charge in [0, 0.05) is 20.2 Å². The van der Waals surface area contributed by atoms with Crippen LogP contribution in [-0.2, 0) is 4.74 Å². The molecule has 5 heteroatoms. The fourth-order valence-electron chi connectivity index (χ4n) is 0.945. The molecule has 13 heavy (non-hydrogen) atoms. The molecule has 0 aromatic carbocycles. The van der Waals surface area contributed by atoms with Crippen LogP contribution in [0, 0.1) is 5.92 Å². The number of ether oxygens (including phenoxy) is 1. The number of rotatable bonds is 5. The monoisotopic (exact) mass is 186 g/mol. The van der Waals surface area contributed by atoms with Gasteiger partial charge in [0.05, 0.1) is 6.61 Å². The van der Waals surface area contributed by atoms with E-state index in [1.54, 1.807) is 7.11 Å². The van der Waals surface area contributed by atoms with Gasteiger partial charge in [-0.2, -0.15) is 0 Å². The van der Waals surface area contributed by atoms with Crippen LogP contribution in [0.2, 0.25) is 0 Å². The Morgan fingerprint density at radius 2 is 2.38 bits per heavy atom. The van der Waals surface area contributed by atoms with Crippen molar-refractivity contribution in [2.24, 2.45) is 16.8 Å². The smallest absolute Gasteiger partial charge is 0.205 e. The number of nitrogens with one attached hydrogen (secondary N) is 2. The number of hydrogen-bond acceptors (Lipinski definition) is 3. The Bertz CT molecular complexity index is 168. The summed E-state index contributed by atoms with van der Waals surface area (Å²) in [5.41, 5.74) is 2.53. The standard InChI is InChI=1S/C8H18N4O/c1-13-5-4-10-8(12-9)11-6-7-2-3-7/h7H,2-6,9H2,1H3,(H2,10,11,12). The molecule has 0 spiro atoms. The van der Waals surface area contributed by atoms with Gasteiger partial charge >= 0.3 is 0 Å². The highest BCUT2D eigenvalue weighted by atomic mass is 16.5. The highest BCUT2D eigenvalue weighted by Gasteiger charge is 2.20. The molecule has 0 amide bonds. The molecule has 0 aromatic rings. The fourth-order valence-corrected chi connectivity index (χ4v) is 0.945. The van der Waals surface area contributed by atoms with Gasteiger partial charge in [0.15, 0.2) is 0 Å². The predicted molar refractivity (Wildman–Crippen MR) is 52.2 cm³/mol. The van der Waals surface area contributed by atoms with E-state index in [0.717, 1.165) is 19.0 Å². The van der Waals surface area contributed by atoms with Gasteiger partial charge in [-0.25, -0.2) is 5.84 Å². The Balaban J connectivity index is 2.11. The number of nitrogens with two attached hydrogens (primary N) is 1. The number of nitrogens with zero attached hydrogens (tertiary/aromatic N) is 1. The van der Waals surface area contributed by atoms with Gasteiger partial charge in [0.25, 0.3) is 0 Å². The summed E-state index contributed by atoms with van der Waals surface area (Å²) in [5.74, 6) is 6.72. The van der Waals surface area contributed by atoms with Gasteiger partial charge in [0.1, 0.15) is 0 Å². The van der Waals surface area contributed by atoms with Crippen molar-refractivity contribution in [3.05, 3.63) is 0 Å². The van der Waals surface area contributed by atoms with Crippen LogP contribution >= 0.6 is 0 Å². The molecule has 1 fully saturated rings. The first-order chi connectivity index (χ1) is 6.36. The summed E-state index contributed by atoms with van der Waals surface area (Å²) in [6.45, 7) is 2.26. The lowest BCUT2D eigenvalue weighted by Gasteiger charge is -2.07. The summed E-state index contributed by atoms with van der Waals surface area (Å²) in [7, 11) is 1.67. The van der Waals surface area contributed by atoms with Gasteiger partial charge < -0.3 is 10.1 Å². The summed E-state index contributed by atoms with van der Waals surface area (Å²) in [4.78, 5) is 4.29. The minimum Gasteiger partial charge on any atom is -0.383 e. The summed E-state index contributed by atoms with van der Waals surface area (Å²) < 4.78 is 4.89. The maximum atomic E-state index is 5.28. The minimum absolute atomic E-state index is 0.656. The Kier molecular flexibility index (Phi) is 4.56. The van der Waals surface area contributed by atoms with E-state index < -0.39 is 0 Å². The Hall–Kier alpha value is -0.810. The molecule has 1 saturated carbocycles. The third-order valence-electron chi connectivity index (χ3n) is 1.94. The van der Waals surface area contributed by atoms with E-state index in [0.29, 0.717) is 12.6 Å². The first-order valence-corrected chi connectivity index (χ1v) is 4.60. The van der Waals surface area contributed by atoms with Gasteiger partial charge in [-0.3, -0.25) is 10.4 Å². The average Bonchev–Trinajstić information content (AvgIpc) is 2.94. The van der Waals surface area contributed by atoms with Crippen molar-refractivity contribution in [2.75, 3.05) is 26.8 Å². The molecule has 76 valence electrons. The largest absolute Gasteiger partial charge is 0.383 e. The minimum atomic E-state index is 0.656. The summed E-state index contributed by atoms with van der Waals surface area (Å²) in [6, 6.07) is 0. The molecule has 5 nitrogen and oxygen atoms in total. The van der Waals surface area contributed by atoms with Gasteiger partial charge in [0.2, 0.25) is 5.96 Å². The van der Waals surface area contributed by atoms with Crippen LogP contribution in [0.4, 0.5) is 0 Å². The molecule has 0 bridgehead atoms. The molecule has 1 rings (SSSR count). The van der Waals surface area contributed by atoms with Crippen molar-refractivity contribution >= 4 is 5.96 Å². The second kappa shape index (κ2) is 5.77. The lowest BCUT2D eigenvalue weighted by atomic mass is 10.4. The van der Waals surface area contributed by atoms with Crippen LogP contribution in [0.25, 0.3) is 0 Å². The molecular formula is C8H18N4O. The number of guanidine groups is 1. The zero-order chi connectivity index (χ0) is 9.52. The SMILES string of the molecule is COCCNC(=NCC1CC1)NN. The molecule has 0 heterocycles. The van der Waals surface area contributed by atoms with Crippen molar-refractivity contribution in [2.45, 2.75) is 12.8 Å². The summed E-state index contributed by atoms with van der Waals surface area (Å²) in [5, 5.41) is 3.04. The Morgan fingerprint density at radius 1 is 1.62 bits per heavy atom. The van der Waals surface area contributed by atoms with Crippen LogP contribution in [-0.4, -0.2) is 32.8 Å². The molecular weight excluding hydrogens is 168 g/mol. The quantitative estimate of drug-likeness (QED) is 0.177. The second-order valence-corrected chi connectivity index (χ2v) is 3.20. The number of hydrogen-bond donors (Lipinski definition) is 3. The Labute approximate surface area is 78.7 Å². The zero-order valence-electron chi connectivity index (χ0n) is 8.05.